The molecule has 0 spiro atoms. The van der Waals surface area contributed by atoms with E-state index in [1.807, 2.05) is 6.07 Å². The number of carbonyl (C=O) groups excluding carboxylic acids is 1. The first-order valence-electron chi connectivity index (χ1n) is 9.89. The van der Waals surface area contributed by atoms with Crippen molar-refractivity contribution in [2.75, 3.05) is 0 Å². The number of hydrogen-bond acceptors (Lipinski definition) is 3. The van der Waals surface area contributed by atoms with Crippen molar-refractivity contribution in [3.63, 3.8) is 0 Å². The van der Waals surface area contributed by atoms with E-state index in [1.165, 1.54) is 18.3 Å². The van der Waals surface area contributed by atoms with Crippen LogP contribution in [0.2, 0.25) is 0 Å². The van der Waals surface area contributed by atoms with E-state index in [0.29, 0.717) is 18.1 Å². The Morgan fingerprint density at radius 3 is 2.56 bits per heavy atom. The van der Waals surface area contributed by atoms with E-state index < -0.39 is 0 Å². The SMILES string of the molecule is C=COc1cc(CCCCC)cc(OC=O)c1[C@@H]1C=C(C)CC[C@H]1C(=C)C. The second-order valence-corrected chi connectivity index (χ2v) is 7.49. The molecule has 0 aromatic heterocycles. The van der Waals surface area contributed by atoms with E-state index >= 15 is 0 Å². The molecular weight excluding hydrogens is 336 g/mol. The van der Waals surface area contributed by atoms with Crippen molar-refractivity contribution in [3.05, 3.63) is 59.9 Å². The molecule has 0 heterocycles. The Morgan fingerprint density at radius 2 is 1.96 bits per heavy atom. The fraction of sp³-hybridized carbons (Fsp3) is 0.458. The maximum absolute atomic E-state index is 11.2. The van der Waals surface area contributed by atoms with Gasteiger partial charge in [0, 0.05) is 11.5 Å². The minimum absolute atomic E-state index is 0.0749. The zero-order chi connectivity index (χ0) is 19.8. The standard InChI is InChI=1S/C24H32O3/c1-6-8-9-10-19-14-22(26-7-2)24(23(15-19)27-16-25)21-13-18(5)11-12-20(21)17(3)4/h7,13-16,20-21H,2-3,6,8-12H2,1,4-5H3/t20-,21+/m0/s1. The van der Waals surface area contributed by atoms with Gasteiger partial charge in [0.1, 0.15) is 11.5 Å². The predicted octanol–water partition coefficient (Wildman–Crippen LogP) is 6.49. The summed E-state index contributed by atoms with van der Waals surface area (Å²) in [7, 11) is 0. The third kappa shape index (κ3) is 5.35. The summed E-state index contributed by atoms with van der Waals surface area (Å²) in [6.07, 6.45) is 10.2. The highest BCUT2D eigenvalue weighted by molar-refractivity contribution is 5.57. The second kappa shape index (κ2) is 10.1. The Hall–Kier alpha value is -2.29. The van der Waals surface area contributed by atoms with Crippen LogP contribution in [0.25, 0.3) is 0 Å². The average Bonchev–Trinajstić information content (AvgIpc) is 2.62. The van der Waals surface area contributed by atoms with Crippen molar-refractivity contribution in [2.24, 2.45) is 5.92 Å². The van der Waals surface area contributed by atoms with Gasteiger partial charge in [-0.15, -0.1) is 0 Å². The molecule has 0 unspecified atom stereocenters. The molecule has 1 aliphatic carbocycles. The maximum atomic E-state index is 11.2. The van der Waals surface area contributed by atoms with Gasteiger partial charge in [-0.05, 0) is 63.1 Å². The van der Waals surface area contributed by atoms with Gasteiger partial charge in [0.25, 0.3) is 6.47 Å². The summed E-state index contributed by atoms with van der Waals surface area (Å²) < 4.78 is 11.2. The van der Waals surface area contributed by atoms with Crippen LogP contribution < -0.4 is 9.47 Å². The minimum Gasteiger partial charge on any atom is -0.465 e. The highest BCUT2D eigenvalue weighted by Gasteiger charge is 2.31. The Balaban J connectivity index is 2.56. The van der Waals surface area contributed by atoms with Crippen molar-refractivity contribution < 1.29 is 14.3 Å². The van der Waals surface area contributed by atoms with E-state index in [4.69, 9.17) is 9.47 Å². The lowest BCUT2D eigenvalue weighted by atomic mass is 9.73. The molecule has 0 amide bonds. The first-order valence-corrected chi connectivity index (χ1v) is 9.89. The monoisotopic (exact) mass is 368 g/mol. The number of hydrogen-bond donors (Lipinski definition) is 0. The minimum atomic E-state index is 0.0749. The van der Waals surface area contributed by atoms with Crippen molar-refractivity contribution in [1.82, 2.24) is 0 Å². The highest BCUT2D eigenvalue weighted by atomic mass is 16.5. The van der Waals surface area contributed by atoms with Crippen LogP contribution in [0.5, 0.6) is 11.5 Å². The fourth-order valence-corrected chi connectivity index (χ4v) is 3.95. The maximum Gasteiger partial charge on any atom is 0.298 e. The number of aryl methyl sites for hydroxylation is 1. The lowest BCUT2D eigenvalue weighted by Gasteiger charge is -2.32. The van der Waals surface area contributed by atoms with Gasteiger partial charge >= 0.3 is 0 Å². The van der Waals surface area contributed by atoms with Crippen LogP contribution in [-0.4, -0.2) is 6.47 Å². The summed E-state index contributed by atoms with van der Waals surface area (Å²) in [4.78, 5) is 11.2. The van der Waals surface area contributed by atoms with Gasteiger partial charge in [-0.25, -0.2) is 0 Å². The van der Waals surface area contributed by atoms with Crippen LogP contribution in [0.4, 0.5) is 0 Å². The summed E-state index contributed by atoms with van der Waals surface area (Å²) in [5.74, 6) is 1.67. The summed E-state index contributed by atoms with van der Waals surface area (Å²) in [6.45, 7) is 14.8. The number of carbonyl (C=O) groups is 1. The molecule has 0 aliphatic heterocycles. The lowest BCUT2D eigenvalue weighted by molar-refractivity contribution is -0.120. The number of benzene rings is 1. The molecule has 0 fully saturated rings. The summed E-state index contributed by atoms with van der Waals surface area (Å²) in [5.41, 5.74) is 4.50. The number of allylic oxidation sites excluding steroid dienone is 3. The summed E-state index contributed by atoms with van der Waals surface area (Å²) in [5, 5.41) is 0. The zero-order valence-electron chi connectivity index (χ0n) is 16.9. The van der Waals surface area contributed by atoms with Crippen LogP contribution in [0.15, 0.2) is 48.8 Å². The Bertz CT molecular complexity index is 683. The third-order valence-corrected chi connectivity index (χ3v) is 5.33. The quantitative estimate of drug-likeness (QED) is 0.205. The highest BCUT2D eigenvalue weighted by Crippen LogP contribution is 2.47. The fourth-order valence-electron chi connectivity index (χ4n) is 3.95. The molecule has 3 heteroatoms. The van der Waals surface area contributed by atoms with E-state index in [1.54, 1.807) is 0 Å². The number of rotatable bonds is 10. The molecule has 2 rings (SSSR count). The molecule has 0 radical (unpaired) electrons. The molecule has 1 aromatic rings. The largest absolute Gasteiger partial charge is 0.465 e. The molecule has 0 bridgehead atoms. The lowest BCUT2D eigenvalue weighted by Crippen LogP contribution is -2.18. The van der Waals surface area contributed by atoms with Crippen molar-refractivity contribution in [1.29, 1.82) is 0 Å². The van der Waals surface area contributed by atoms with E-state index in [9.17, 15) is 4.79 Å². The van der Waals surface area contributed by atoms with Gasteiger partial charge in [0.05, 0.1) is 6.26 Å². The predicted molar refractivity (Wildman–Crippen MR) is 111 cm³/mol. The third-order valence-electron chi connectivity index (χ3n) is 5.33. The van der Waals surface area contributed by atoms with Gasteiger partial charge in [-0.1, -0.05) is 50.1 Å². The molecule has 1 aliphatic rings. The average molecular weight is 369 g/mol. The van der Waals surface area contributed by atoms with E-state index in [-0.39, 0.29) is 5.92 Å². The van der Waals surface area contributed by atoms with Gasteiger partial charge in [-0.2, -0.15) is 0 Å². The van der Waals surface area contributed by atoms with Crippen LogP contribution in [0, 0.1) is 5.92 Å². The topological polar surface area (TPSA) is 35.5 Å². The summed E-state index contributed by atoms with van der Waals surface area (Å²) >= 11 is 0. The van der Waals surface area contributed by atoms with Crippen LogP contribution in [-0.2, 0) is 11.2 Å². The molecule has 0 saturated heterocycles. The molecule has 146 valence electrons. The van der Waals surface area contributed by atoms with Gasteiger partial charge in [-0.3, -0.25) is 4.79 Å². The molecule has 0 N–H and O–H groups in total. The van der Waals surface area contributed by atoms with Gasteiger partial charge < -0.3 is 9.47 Å². The van der Waals surface area contributed by atoms with Crippen LogP contribution in [0.3, 0.4) is 0 Å². The molecular formula is C24H32O3. The van der Waals surface area contributed by atoms with Gasteiger partial charge in [0.15, 0.2) is 0 Å². The zero-order valence-corrected chi connectivity index (χ0v) is 16.9. The molecule has 0 saturated carbocycles. The summed E-state index contributed by atoms with van der Waals surface area (Å²) in [6, 6.07) is 4.06. The van der Waals surface area contributed by atoms with Gasteiger partial charge in [0.2, 0.25) is 0 Å². The molecule has 3 nitrogen and oxygen atoms in total. The first kappa shape index (κ1) is 21.0. The molecule has 2 atom stereocenters. The van der Waals surface area contributed by atoms with E-state index in [0.717, 1.165) is 54.6 Å². The number of ether oxygens (including phenoxy) is 2. The molecule has 27 heavy (non-hydrogen) atoms. The second-order valence-electron chi connectivity index (χ2n) is 7.49. The van der Waals surface area contributed by atoms with Crippen molar-refractivity contribution >= 4 is 6.47 Å². The van der Waals surface area contributed by atoms with Crippen LogP contribution in [0.1, 0.15) is 69.9 Å². The Kier molecular flexibility index (Phi) is 7.90. The van der Waals surface area contributed by atoms with Crippen molar-refractivity contribution in [3.8, 4) is 11.5 Å². The Morgan fingerprint density at radius 1 is 1.26 bits per heavy atom. The first-order chi connectivity index (χ1) is 13.0. The Labute approximate surface area is 163 Å². The molecule has 1 aromatic carbocycles. The normalized spacial score (nSPS) is 19.1. The van der Waals surface area contributed by atoms with E-state index in [2.05, 4.69) is 46.1 Å². The van der Waals surface area contributed by atoms with Crippen molar-refractivity contribution in [2.45, 2.75) is 65.2 Å². The van der Waals surface area contributed by atoms with Crippen LogP contribution >= 0.6 is 0 Å². The smallest absolute Gasteiger partial charge is 0.298 e. The number of unbranched alkanes of at least 4 members (excludes halogenated alkanes) is 2.